The maximum atomic E-state index is 12.1. The van der Waals surface area contributed by atoms with Crippen LogP contribution in [0.25, 0.3) is 0 Å². The SMILES string of the molecule is CN(C(=O)c1cbccc1)c1ccccc1. The van der Waals surface area contributed by atoms with Gasteiger partial charge >= 0.3 is 95.2 Å². The van der Waals surface area contributed by atoms with Crippen LogP contribution in [0.4, 0.5) is 5.69 Å². The fourth-order valence-corrected chi connectivity index (χ4v) is 1.54. The molecule has 0 saturated carbocycles. The van der Waals surface area contributed by atoms with Gasteiger partial charge in [0.05, 0.1) is 0 Å². The van der Waals surface area contributed by atoms with Crippen molar-refractivity contribution in [2.75, 3.05) is 11.9 Å². The summed E-state index contributed by atoms with van der Waals surface area (Å²) < 4.78 is 0. The van der Waals surface area contributed by atoms with E-state index in [1.807, 2.05) is 61.3 Å². The molecule has 0 unspecified atom stereocenters. The van der Waals surface area contributed by atoms with Gasteiger partial charge in [-0.05, 0) is 0 Å². The van der Waals surface area contributed by atoms with Gasteiger partial charge in [0.1, 0.15) is 0 Å². The second-order valence-corrected chi connectivity index (χ2v) is 3.57. The van der Waals surface area contributed by atoms with Crippen molar-refractivity contribution >= 4 is 18.5 Å². The third kappa shape index (κ3) is 2.19. The molecule has 0 saturated heterocycles. The minimum absolute atomic E-state index is 0.00630. The van der Waals surface area contributed by atoms with E-state index in [1.54, 1.807) is 11.9 Å². The van der Waals surface area contributed by atoms with Crippen LogP contribution in [0.1, 0.15) is 10.4 Å². The predicted molar refractivity (Wildman–Crippen MR) is 67.0 cm³/mol. The average Bonchev–Trinajstić information content (AvgIpc) is 2.39. The van der Waals surface area contributed by atoms with Gasteiger partial charge in [-0.25, -0.2) is 0 Å². The van der Waals surface area contributed by atoms with Crippen LogP contribution < -0.4 is 4.90 Å². The van der Waals surface area contributed by atoms with E-state index in [-0.39, 0.29) is 5.91 Å². The molecule has 0 aliphatic heterocycles. The van der Waals surface area contributed by atoms with Crippen molar-refractivity contribution in [3.8, 4) is 0 Å². The Labute approximate surface area is 95.7 Å². The average molecular weight is 209 g/mol. The first-order chi connectivity index (χ1) is 7.79. The molecule has 0 aliphatic rings. The molecule has 0 spiro atoms. The number of hydrogen-bond acceptors (Lipinski definition) is 1. The summed E-state index contributed by atoms with van der Waals surface area (Å²) in [5, 5.41) is 0. The molecule has 2 rings (SSSR count). The zero-order valence-electron chi connectivity index (χ0n) is 9.13. The fraction of sp³-hybridized carbons (Fsp3) is 0.0769. The van der Waals surface area contributed by atoms with Crippen molar-refractivity contribution in [3.63, 3.8) is 0 Å². The van der Waals surface area contributed by atoms with E-state index in [1.165, 1.54) is 0 Å². The number of amides is 1. The number of carbonyl (C=O) groups excluding carboxylic acids is 1. The van der Waals surface area contributed by atoms with Gasteiger partial charge in [0.2, 0.25) is 0 Å². The predicted octanol–water partition coefficient (Wildman–Crippen LogP) is 2.30. The Bertz CT molecular complexity index is 470. The van der Waals surface area contributed by atoms with E-state index in [2.05, 4.69) is 0 Å². The van der Waals surface area contributed by atoms with Crippen LogP contribution in [-0.4, -0.2) is 19.9 Å². The maximum absolute atomic E-state index is 12.1. The van der Waals surface area contributed by atoms with Crippen LogP contribution in [0.3, 0.4) is 0 Å². The number of rotatable bonds is 2. The van der Waals surface area contributed by atoms with Gasteiger partial charge in [0, 0.05) is 0 Å². The minimum atomic E-state index is 0.00630. The van der Waals surface area contributed by atoms with E-state index in [0.29, 0.717) is 5.56 Å². The molecule has 16 heavy (non-hydrogen) atoms. The summed E-state index contributed by atoms with van der Waals surface area (Å²) in [5.41, 5.74) is 1.60. The Morgan fingerprint density at radius 2 is 1.88 bits per heavy atom. The summed E-state index contributed by atoms with van der Waals surface area (Å²) in [7, 11) is 1.78. The third-order valence-electron chi connectivity index (χ3n) is 2.47. The van der Waals surface area contributed by atoms with E-state index < -0.39 is 0 Å². The number of para-hydroxylation sites is 1. The molecule has 0 radical (unpaired) electrons. The number of benzene rings is 1. The molecule has 1 aromatic carbocycles. The summed E-state index contributed by atoms with van der Waals surface area (Å²) in [5.74, 6) is 3.73. The molecule has 78 valence electrons. The Morgan fingerprint density at radius 1 is 1.12 bits per heavy atom. The van der Waals surface area contributed by atoms with Crippen LogP contribution >= 0.6 is 0 Å². The molecule has 1 aromatic heterocycles. The van der Waals surface area contributed by atoms with Crippen molar-refractivity contribution in [1.29, 1.82) is 0 Å². The van der Waals surface area contributed by atoms with Gasteiger partial charge in [0.25, 0.3) is 0 Å². The van der Waals surface area contributed by atoms with Gasteiger partial charge in [0.15, 0.2) is 0 Å². The van der Waals surface area contributed by atoms with Gasteiger partial charge in [-0.2, -0.15) is 0 Å². The topological polar surface area (TPSA) is 20.3 Å². The van der Waals surface area contributed by atoms with Gasteiger partial charge in [-0.1, -0.05) is 0 Å². The second-order valence-electron chi connectivity index (χ2n) is 3.57. The molecule has 0 bridgehead atoms. The Hall–Kier alpha value is -1.90. The quantitative estimate of drug-likeness (QED) is 0.742. The van der Waals surface area contributed by atoms with Gasteiger partial charge < -0.3 is 0 Å². The van der Waals surface area contributed by atoms with E-state index in [9.17, 15) is 4.79 Å². The molecule has 3 heteroatoms. The zero-order chi connectivity index (χ0) is 11.4. The molecule has 0 aliphatic carbocycles. The Kier molecular flexibility index (Phi) is 3.15. The van der Waals surface area contributed by atoms with Crippen LogP contribution in [0.5, 0.6) is 0 Å². The van der Waals surface area contributed by atoms with Crippen LogP contribution in [0.2, 0.25) is 0 Å². The van der Waals surface area contributed by atoms with Crippen LogP contribution in [-0.2, 0) is 0 Å². The molecule has 2 nitrogen and oxygen atoms in total. The van der Waals surface area contributed by atoms with Gasteiger partial charge in [-0.3, -0.25) is 0 Å². The summed E-state index contributed by atoms with van der Waals surface area (Å²) in [4.78, 5) is 13.7. The monoisotopic (exact) mass is 209 g/mol. The molecule has 0 fully saturated rings. The summed E-state index contributed by atoms with van der Waals surface area (Å²) in [6.07, 6.45) is 0. The number of hydrogen-bond donors (Lipinski definition) is 0. The zero-order valence-corrected chi connectivity index (χ0v) is 9.13. The summed E-state index contributed by atoms with van der Waals surface area (Å²) in [6.45, 7) is 1.87. The first-order valence-corrected chi connectivity index (χ1v) is 5.17. The van der Waals surface area contributed by atoms with Crippen LogP contribution in [0, 0.1) is 0 Å². The number of carbonyl (C=O) groups is 1. The standard InChI is InChI=1S/C13H12BNO/c1-15(12-7-3-2-4-8-12)13(16)11-6-5-9-14-10-11/h2-10H,1H3. The normalized spacial score (nSPS) is 9.56. The number of anilines is 1. The third-order valence-corrected chi connectivity index (χ3v) is 2.47. The fourth-order valence-electron chi connectivity index (χ4n) is 1.54. The molecule has 1 amide bonds. The molecule has 0 atom stereocenters. The Morgan fingerprint density at radius 3 is 2.50 bits per heavy atom. The summed E-state index contributed by atoms with van der Waals surface area (Å²) >= 11 is 0. The van der Waals surface area contributed by atoms with Gasteiger partial charge in [-0.15, -0.1) is 0 Å². The molecule has 1 heterocycles. The summed E-state index contributed by atoms with van der Waals surface area (Å²) in [6, 6.07) is 13.3. The second kappa shape index (κ2) is 4.75. The van der Waals surface area contributed by atoms with Crippen LogP contribution in [0.15, 0.2) is 54.4 Å². The molecule has 0 N–H and O–H groups in total. The van der Waals surface area contributed by atoms with Crippen molar-refractivity contribution in [1.82, 2.24) is 0 Å². The Balaban J connectivity index is 2.24. The first-order valence-electron chi connectivity index (χ1n) is 5.17. The van der Waals surface area contributed by atoms with E-state index in [4.69, 9.17) is 0 Å². The molecular weight excluding hydrogens is 197 g/mol. The first kappa shape index (κ1) is 10.6. The molecular formula is C13H12BNO. The van der Waals surface area contributed by atoms with Crippen molar-refractivity contribution in [2.45, 2.75) is 0 Å². The van der Waals surface area contributed by atoms with E-state index in [0.717, 1.165) is 5.69 Å². The number of nitrogens with zero attached hydrogens (tertiary/aromatic N) is 1. The molecule has 2 aromatic rings. The van der Waals surface area contributed by atoms with Crippen molar-refractivity contribution in [3.05, 3.63) is 60.0 Å². The van der Waals surface area contributed by atoms with Crippen molar-refractivity contribution < 1.29 is 4.79 Å². The van der Waals surface area contributed by atoms with E-state index >= 15 is 0 Å². The van der Waals surface area contributed by atoms with Crippen molar-refractivity contribution in [2.24, 2.45) is 0 Å².